The van der Waals surface area contributed by atoms with E-state index in [1.165, 1.54) is 36.2 Å². The molecule has 0 fully saturated rings. The summed E-state index contributed by atoms with van der Waals surface area (Å²) in [4.78, 5) is 2.36. The molecular weight excluding hydrogens is 248 g/mol. The Morgan fingerprint density at radius 1 is 1.30 bits per heavy atom. The van der Waals surface area contributed by atoms with Gasteiger partial charge in [0, 0.05) is 39.0 Å². The second-order valence-corrected chi connectivity index (χ2v) is 5.63. The molecule has 1 N–H and O–H groups in total. The number of fused-ring (bicyclic) bond motifs is 1. The van der Waals surface area contributed by atoms with Gasteiger partial charge in [0.05, 0.1) is 0 Å². The largest absolute Gasteiger partial charge is 0.381 e. The predicted octanol–water partition coefficient (Wildman–Crippen LogP) is 2.98. The zero-order valence-corrected chi connectivity index (χ0v) is 13.0. The molecule has 1 aromatic carbocycles. The standard InChI is InChI=1S/C17H28N2O/c1-3-11-20-12-5-9-18-14-15-7-8-17-16(13-15)6-4-10-19(17)2/h7-8,13,18H,3-6,9-12,14H2,1-2H3. The number of ether oxygens (including phenoxy) is 1. The lowest BCUT2D eigenvalue weighted by atomic mass is 9.99. The normalized spacial score (nSPS) is 14.4. The van der Waals surface area contributed by atoms with Crippen molar-refractivity contribution in [3.8, 4) is 0 Å². The molecule has 3 nitrogen and oxygen atoms in total. The van der Waals surface area contributed by atoms with Crippen LogP contribution in [0.2, 0.25) is 0 Å². The van der Waals surface area contributed by atoms with Gasteiger partial charge in [-0.1, -0.05) is 19.1 Å². The molecule has 112 valence electrons. The Hall–Kier alpha value is -1.06. The monoisotopic (exact) mass is 276 g/mol. The summed E-state index contributed by atoms with van der Waals surface area (Å²) in [6.45, 7) is 7.08. The first-order valence-electron chi connectivity index (χ1n) is 7.92. The highest BCUT2D eigenvalue weighted by Gasteiger charge is 2.13. The van der Waals surface area contributed by atoms with E-state index in [0.29, 0.717) is 0 Å². The van der Waals surface area contributed by atoms with Crippen LogP contribution >= 0.6 is 0 Å². The van der Waals surface area contributed by atoms with Crippen LogP contribution < -0.4 is 10.2 Å². The zero-order valence-electron chi connectivity index (χ0n) is 13.0. The fraction of sp³-hybridized carbons (Fsp3) is 0.647. The lowest BCUT2D eigenvalue weighted by Gasteiger charge is -2.27. The summed E-state index contributed by atoms with van der Waals surface area (Å²) in [5, 5.41) is 3.50. The van der Waals surface area contributed by atoms with E-state index in [9.17, 15) is 0 Å². The van der Waals surface area contributed by atoms with Gasteiger partial charge in [-0.3, -0.25) is 0 Å². The second-order valence-electron chi connectivity index (χ2n) is 5.63. The topological polar surface area (TPSA) is 24.5 Å². The number of aryl methyl sites for hydroxylation is 1. The minimum Gasteiger partial charge on any atom is -0.381 e. The Morgan fingerprint density at radius 3 is 3.05 bits per heavy atom. The average Bonchev–Trinajstić information content (AvgIpc) is 2.46. The second kappa shape index (κ2) is 8.28. The van der Waals surface area contributed by atoms with Gasteiger partial charge in [0.1, 0.15) is 0 Å². The van der Waals surface area contributed by atoms with Crippen molar-refractivity contribution >= 4 is 5.69 Å². The highest BCUT2D eigenvalue weighted by molar-refractivity contribution is 5.56. The van der Waals surface area contributed by atoms with Crippen molar-refractivity contribution in [1.29, 1.82) is 0 Å². The lowest BCUT2D eigenvalue weighted by molar-refractivity contribution is 0.132. The number of nitrogens with zero attached hydrogens (tertiary/aromatic N) is 1. The van der Waals surface area contributed by atoms with Crippen molar-refractivity contribution in [3.05, 3.63) is 29.3 Å². The summed E-state index contributed by atoms with van der Waals surface area (Å²) in [6.07, 6.45) is 4.69. The maximum absolute atomic E-state index is 5.48. The Balaban J connectivity index is 1.71. The first-order chi connectivity index (χ1) is 9.81. The quantitative estimate of drug-likeness (QED) is 0.739. The van der Waals surface area contributed by atoms with E-state index in [1.807, 2.05) is 0 Å². The van der Waals surface area contributed by atoms with E-state index < -0.39 is 0 Å². The van der Waals surface area contributed by atoms with Crippen molar-refractivity contribution < 1.29 is 4.74 Å². The fourth-order valence-electron chi connectivity index (χ4n) is 2.73. The molecule has 0 saturated heterocycles. The van der Waals surface area contributed by atoms with Crippen LogP contribution in [0.1, 0.15) is 37.3 Å². The molecule has 0 aliphatic carbocycles. The van der Waals surface area contributed by atoms with Crippen molar-refractivity contribution in [2.75, 3.05) is 38.3 Å². The summed E-state index contributed by atoms with van der Waals surface area (Å²) >= 11 is 0. The van der Waals surface area contributed by atoms with E-state index in [4.69, 9.17) is 4.74 Å². The molecule has 0 saturated carbocycles. The van der Waals surface area contributed by atoms with Gasteiger partial charge in [-0.05, 0) is 49.4 Å². The van der Waals surface area contributed by atoms with Gasteiger partial charge >= 0.3 is 0 Å². The molecule has 2 rings (SSSR count). The Kier molecular flexibility index (Phi) is 6.34. The maximum atomic E-state index is 5.48. The Bertz CT molecular complexity index is 406. The summed E-state index contributed by atoms with van der Waals surface area (Å²) in [5.74, 6) is 0. The average molecular weight is 276 g/mol. The number of anilines is 1. The number of rotatable bonds is 8. The summed E-state index contributed by atoms with van der Waals surface area (Å²) in [7, 11) is 2.19. The molecule has 0 atom stereocenters. The number of nitrogens with one attached hydrogen (secondary N) is 1. The third-order valence-corrected chi connectivity index (χ3v) is 3.81. The van der Waals surface area contributed by atoms with E-state index in [2.05, 4.69) is 42.4 Å². The molecule has 0 unspecified atom stereocenters. The molecular formula is C17H28N2O. The van der Waals surface area contributed by atoms with Gasteiger partial charge in [-0.25, -0.2) is 0 Å². The smallest absolute Gasteiger partial charge is 0.0478 e. The SMILES string of the molecule is CCCOCCCNCc1ccc2c(c1)CCCN2C. The molecule has 20 heavy (non-hydrogen) atoms. The minimum atomic E-state index is 0.871. The third-order valence-electron chi connectivity index (χ3n) is 3.81. The van der Waals surface area contributed by atoms with Crippen LogP contribution in [0.25, 0.3) is 0 Å². The molecule has 1 heterocycles. The van der Waals surface area contributed by atoms with E-state index in [0.717, 1.165) is 39.1 Å². The van der Waals surface area contributed by atoms with Crippen molar-refractivity contribution in [2.45, 2.75) is 39.2 Å². The highest BCUT2D eigenvalue weighted by atomic mass is 16.5. The Morgan fingerprint density at radius 2 is 2.20 bits per heavy atom. The van der Waals surface area contributed by atoms with E-state index in [1.54, 1.807) is 0 Å². The number of hydrogen-bond acceptors (Lipinski definition) is 3. The highest BCUT2D eigenvalue weighted by Crippen LogP contribution is 2.26. The molecule has 1 aliphatic rings. The molecule has 0 spiro atoms. The van der Waals surface area contributed by atoms with E-state index in [-0.39, 0.29) is 0 Å². The molecule has 3 heteroatoms. The lowest BCUT2D eigenvalue weighted by Crippen LogP contribution is -2.25. The minimum absolute atomic E-state index is 0.871. The van der Waals surface area contributed by atoms with Crippen LogP contribution in [-0.4, -0.2) is 33.4 Å². The Labute approximate surface area is 123 Å². The van der Waals surface area contributed by atoms with Crippen LogP contribution in [0.3, 0.4) is 0 Å². The predicted molar refractivity (Wildman–Crippen MR) is 85.5 cm³/mol. The van der Waals surface area contributed by atoms with Crippen LogP contribution in [0, 0.1) is 0 Å². The van der Waals surface area contributed by atoms with Crippen LogP contribution in [0.4, 0.5) is 5.69 Å². The molecule has 0 amide bonds. The van der Waals surface area contributed by atoms with Crippen LogP contribution in [0.5, 0.6) is 0 Å². The molecule has 1 aromatic rings. The third kappa shape index (κ3) is 4.50. The molecule has 0 aromatic heterocycles. The van der Waals surface area contributed by atoms with Gasteiger partial charge in [-0.15, -0.1) is 0 Å². The van der Waals surface area contributed by atoms with Crippen molar-refractivity contribution in [2.24, 2.45) is 0 Å². The number of benzene rings is 1. The molecule has 1 aliphatic heterocycles. The summed E-state index contributed by atoms with van der Waals surface area (Å²) in [6, 6.07) is 6.89. The van der Waals surface area contributed by atoms with Crippen LogP contribution in [0.15, 0.2) is 18.2 Å². The van der Waals surface area contributed by atoms with Crippen molar-refractivity contribution in [3.63, 3.8) is 0 Å². The molecule has 0 bridgehead atoms. The first kappa shape index (κ1) is 15.3. The summed E-state index contributed by atoms with van der Waals surface area (Å²) in [5.41, 5.74) is 4.31. The van der Waals surface area contributed by atoms with Crippen molar-refractivity contribution in [1.82, 2.24) is 5.32 Å². The van der Waals surface area contributed by atoms with Gasteiger partial charge in [-0.2, -0.15) is 0 Å². The first-order valence-corrected chi connectivity index (χ1v) is 7.92. The van der Waals surface area contributed by atoms with Gasteiger partial charge in [0.15, 0.2) is 0 Å². The fourth-order valence-corrected chi connectivity index (χ4v) is 2.73. The maximum Gasteiger partial charge on any atom is 0.0478 e. The van der Waals surface area contributed by atoms with Gasteiger partial charge in [0.25, 0.3) is 0 Å². The summed E-state index contributed by atoms with van der Waals surface area (Å²) < 4.78 is 5.48. The van der Waals surface area contributed by atoms with Gasteiger partial charge < -0.3 is 15.0 Å². The number of hydrogen-bond donors (Lipinski definition) is 1. The van der Waals surface area contributed by atoms with Crippen LogP contribution in [-0.2, 0) is 17.7 Å². The van der Waals surface area contributed by atoms with E-state index >= 15 is 0 Å². The molecule has 0 radical (unpaired) electrons. The van der Waals surface area contributed by atoms with Gasteiger partial charge in [0.2, 0.25) is 0 Å². The zero-order chi connectivity index (χ0) is 14.2.